The first kappa shape index (κ1) is 22.9. The number of rotatable bonds is 8. The second-order valence-electron chi connectivity index (χ2n) is 7.54. The third kappa shape index (κ3) is 5.76. The molecular formula is C25H22ClN3O3S. The van der Waals surface area contributed by atoms with E-state index in [1.54, 1.807) is 54.7 Å². The molecule has 3 aromatic carbocycles. The second-order valence-corrected chi connectivity index (χ2v) is 9.66. The van der Waals surface area contributed by atoms with Gasteiger partial charge in [-0.25, -0.2) is 8.42 Å². The Morgan fingerprint density at radius 1 is 0.879 bits per heavy atom. The quantitative estimate of drug-likeness (QED) is 0.398. The number of carbonyl (C=O) groups is 1. The van der Waals surface area contributed by atoms with Crippen molar-refractivity contribution in [2.75, 3.05) is 0 Å². The van der Waals surface area contributed by atoms with E-state index < -0.39 is 22.0 Å². The standard InChI is InChI=1S/C25H22ClN3O3S/c26-21-13-11-19(12-14-21)17-28-25(30)22(16-18-6-2-1-3-7-18)29-33(31,32)23-10-4-8-20-9-5-15-27-24(20)23/h1-15,22,29H,16-17H2,(H,28,30)/t22-/m1/s1. The molecule has 0 saturated heterocycles. The summed E-state index contributed by atoms with van der Waals surface area (Å²) in [6.45, 7) is 0.249. The van der Waals surface area contributed by atoms with Crippen molar-refractivity contribution in [1.82, 2.24) is 15.0 Å². The highest BCUT2D eigenvalue weighted by molar-refractivity contribution is 7.89. The molecule has 4 rings (SSSR count). The molecule has 0 aliphatic heterocycles. The number of nitrogens with zero attached hydrogens (tertiary/aromatic N) is 1. The Morgan fingerprint density at radius 2 is 1.61 bits per heavy atom. The number of fused-ring (bicyclic) bond motifs is 1. The maximum atomic E-state index is 13.3. The van der Waals surface area contributed by atoms with E-state index in [4.69, 9.17) is 11.6 Å². The fraction of sp³-hybridized carbons (Fsp3) is 0.120. The summed E-state index contributed by atoms with van der Waals surface area (Å²) in [5.74, 6) is -0.425. The van der Waals surface area contributed by atoms with Crippen LogP contribution >= 0.6 is 11.6 Å². The average molecular weight is 480 g/mol. The summed E-state index contributed by atoms with van der Waals surface area (Å²) in [7, 11) is -4.03. The summed E-state index contributed by atoms with van der Waals surface area (Å²) < 4.78 is 29.2. The molecule has 4 aromatic rings. The van der Waals surface area contributed by atoms with Gasteiger partial charge in [0.15, 0.2) is 0 Å². The normalized spacial score (nSPS) is 12.4. The molecule has 8 heteroatoms. The Balaban J connectivity index is 1.59. The van der Waals surface area contributed by atoms with Gasteiger partial charge in [0.2, 0.25) is 15.9 Å². The Bertz CT molecular complexity index is 1360. The van der Waals surface area contributed by atoms with Gasteiger partial charge in [-0.2, -0.15) is 4.72 Å². The first-order chi connectivity index (χ1) is 15.9. The van der Waals surface area contributed by atoms with E-state index >= 15 is 0 Å². The third-order valence-corrected chi connectivity index (χ3v) is 6.92. The van der Waals surface area contributed by atoms with Gasteiger partial charge in [-0.1, -0.05) is 72.3 Å². The molecule has 0 unspecified atom stereocenters. The number of hydrogen-bond acceptors (Lipinski definition) is 4. The van der Waals surface area contributed by atoms with Crippen LogP contribution in [0.1, 0.15) is 11.1 Å². The number of benzene rings is 3. The first-order valence-corrected chi connectivity index (χ1v) is 12.2. The Hall–Kier alpha value is -3.26. The molecule has 1 aromatic heterocycles. The molecule has 0 aliphatic carbocycles. The molecule has 168 valence electrons. The highest BCUT2D eigenvalue weighted by Crippen LogP contribution is 2.21. The van der Waals surface area contributed by atoms with Crippen LogP contribution < -0.4 is 10.0 Å². The molecule has 1 amide bonds. The van der Waals surface area contributed by atoms with E-state index in [0.29, 0.717) is 15.9 Å². The average Bonchev–Trinajstić information content (AvgIpc) is 2.83. The van der Waals surface area contributed by atoms with Gasteiger partial charge < -0.3 is 5.32 Å². The number of para-hydroxylation sites is 1. The van der Waals surface area contributed by atoms with Gasteiger partial charge in [0, 0.05) is 23.2 Å². The van der Waals surface area contributed by atoms with Gasteiger partial charge >= 0.3 is 0 Å². The summed E-state index contributed by atoms with van der Waals surface area (Å²) in [4.78, 5) is 17.3. The molecule has 0 bridgehead atoms. The number of carbonyl (C=O) groups excluding carboxylic acids is 1. The van der Waals surface area contributed by atoms with E-state index in [2.05, 4.69) is 15.0 Å². The van der Waals surface area contributed by atoms with Crippen LogP contribution in [0.5, 0.6) is 0 Å². The lowest BCUT2D eigenvalue weighted by Crippen LogP contribution is -2.47. The zero-order chi connectivity index (χ0) is 23.3. The van der Waals surface area contributed by atoms with Crippen LogP contribution in [0.3, 0.4) is 0 Å². The Kier molecular flexibility index (Phi) is 7.03. The zero-order valence-corrected chi connectivity index (χ0v) is 19.2. The van der Waals surface area contributed by atoms with Gasteiger partial charge in [0.1, 0.15) is 10.9 Å². The fourth-order valence-electron chi connectivity index (χ4n) is 3.50. The van der Waals surface area contributed by atoms with Gasteiger partial charge in [-0.15, -0.1) is 0 Å². The van der Waals surface area contributed by atoms with Gasteiger partial charge in [-0.3, -0.25) is 9.78 Å². The lowest BCUT2D eigenvalue weighted by atomic mass is 10.1. The minimum atomic E-state index is -4.03. The SMILES string of the molecule is O=C(NCc1ccc(Cl)cc1)[C@@H](Cc1ccccc1)NS(=O)(=O)c1cccc2cccnc12. The van der Waals surface area contributed by atoms with Crippen molar-refractivity contribution in [3.63, 3.8) is 0 Å². The molecule has 1 heterocycles. The molecule has 0 aliphatic rings. The highest BCUT2D eigenvalue weighted by atomic mass is 35.5. The van der Waals surface area contributed by atoms with E-state index in [0.717, 1.165) is 11.1 Å². The van der Waals surface area contributed by atoms with Gasteiger partial charge in [-0.05, 0) is 41.8 Å². The predicted octanol–water partition coefficient (Wildman–Crippen LogP) is 4.09. The topological polar surface area (TPSA) is 88.2 Å². The smallest absolute Gasteiger partial charge is 0.243 e. The summed E-state index contributed by atoms with van der Waals surface area (Å²) in [6, 6.07) is 23.8. The lowest BCUT2D eigenvalue weighted by molar-refractivity contribution is -0.122. The fourth-order valence-corrected chi connectivity index (χ4v) is 5.00. The van der Waals surface area contributed by atoms with Gasteiger partial charge in [0.25, 0.3) is 0 Å². The van der Waals surface area contributed by atoms with E-state index in [1.807, 2.05) is 30.3 Å². The van der Waals surface area contributed by atoms with Crippen molar-refractivity contribution < 1.29 is 13.2 Å². The minimum Gasteiger partial charge on any atom is -0.351 e. The predicted molar refractivity (Wildman–Crippen MR) is 129 cm³/mol. The van der Waals surface area contributed by atoms with Crippen molar-refractivity contribution in [3.8, 4) is 0 Å². The summed E-state index contributed by atoms with van der Waals surface area (Å²) in [5.41, 5.74) is 2.04. The van der Waals surface area contributed by atoms with E-state index in [9.17, 15) is 13.2 Å². The minimum absolute atomic E-state index is 0.0316. The third-order valence-electron chi connectivity index (χ3n) is 5.16. The number of pyridine rings is 1. The number of aromatic nitrogens is 1. The number of hydrogen-bond donors (Lipinski definition) is 2. The van der Waals surface area contributed by atoms with Gasteiger partial charge in [0.05, 0.1) is 5.52 Å². The van der Waals surface area contributed by atoms with Crippen LogP contribution in [0.25, 0.3) is 10.9 Å². The molecular weight excluding hydrogens is 458 g/mol. The molecule has 0 radical (unpaired) electrons. The molecule has 2 N–H and O–H groups in total. The number of halogens is 1. The summed E-state index contributed by atoms with van der Waals surface area (Å²) >= 11 is 5.92. The summed E-state index contributed by atoms with van der Waals surface area (Å²) in [5, 5.41) is 4.13. The largest absolute Gasteiger partial charge is 0.351 e. The molecule has 0 spiro atoms. The van der Waals surface area contributed by atoms with E-state index in [-0.39, 0.29) is 17.9 Å². The van der Waals surface area contributed by atoms with Crippen molar-refractivity contribution in [2.45, 2.75) is 23.9 Å². The molecule has 33 heavy (non-hydrogen) atoms. The number of nitrogens with one attached hydrogen (secondary N) is 2. The first-order valence-electron chi connectivity index (χ1n) is 10.3. The highest BCUT2D eigenvalue weighted by Gasteiger charge is 2.27. The van der Waals surface area contributed by atoms with Crippen LogP contribution in [-0.4, -0.2) is 25.4 Å². The van der Waals surface area contributed by atoms with Crippen LogP contribution in [0.2, 0.25) is 5.02 Å². The van der Waals surface area contributed by atoms with E-state index in [1.165, 1.54) is 6.07 Å². The van der Waals surface area contributed by atoms with Crippen molar-refractivity contribution in [3.05, 3.63) is 107 Å². The van der Waals surface area contributed by atoms with Crippen LogP contribution in [-0.2, 0) is 27.8 Å². The van der Waals surface area contributed by atoms with Crippen LogP contribution in [0, 0.1) is 0 Å². The lowest BCUT2D eigenvalue weighted by Gasteiger charge is -2.19. The molecule has 0 fully saturated rings. The van der Waals surface area contributed by atoms with Crippen LogP contribution in [0.4, 0.5) is 0 Å². The summed E-state index contributed by atoms with van der Waals surface area (Å²) in [6.07, 6.45) is 1.74. The van der Waals surface area contributed by atoms with Crippen LogP contribution in [0.15, 0.2) is 96.0 Å². The maximum absolute atomic E-state index is 13.3. The molecule has 1 atom stereocenters. The number of amides is 1. The molecule has 6 nitrogen and oxygen atoms in total. The van der Waals surface area contributed by atoms with Crippen molar-refractivity contribution in [1.29, 1.82) is 0 Å². The van der Waals surface area contributed by atoms with Crippen molar-refractivity contribution in [2.24, 2.45) is 0 Å². The second kappa shape index (κ2) is 10.1. The number of sulfonamides is 1. The molecule has 0 saturated carbocycles. The van der Waals surface area contributed by atoms with Crippen molar-refractivity contribution >= 4 is 38.4 Å². The zero-order valence-electron chi connectivity index (χ0n) is 17.6. The Labute approximate surface area is 197 Å². The Morgan fingerprint density at radius 3 is 2.36 bits per heavy atom. The monoisotopic (exact) mass is 479 g/mol. The maximum Gasteiger partial charge on any atom is 0.243 e.